The van der Waals surface area contributed by atoms with Crippen LogP contribution in [-0.4, -0.2) is 0 Å². The molecule has 3 heteroatoms. The maximum atomic E-state index is 13.8. The number of hydrogen-bond donors (Lipinski definition) is 1. The van der Waals surface area contributed by atoms with Crippen molar-refractivity contribution in [2.24, 2.45) is 0 Å². The quantitative estimate of drug-likeness (QED) is 0.682. The second kappa shape index (κ2) is 5.63. The third-order valence-corrected chi connectivity index (χ3v) is 3.77. The number of fused-ring (bicyclic) bond motifs is 1. The molecule has 0 fully saturated rings. The highest BCUT2D eigenvalue weighted by Crippen LogP contribution is 2.22. The molecule has 3 aromatic carbocycles. The second-order valence-corrected chi connectivity index (χ2v) is 5.53. The van der Waals surface area contributed by atoms with Crippen molar-refractivity contribution in [2.45, 2.75) is 6.54 Å². The number of nitrogens with one attached hydrogen (secondary N) is 1. The van der Waals surface area contributed by atoms with Gasteiger partial charge in [-0.15, -0.1) is 0 Å². The summed E-state index contributed by atoms with van der Waals surface area (Å²) in [4.78, 5) is 0. The molecule has 0 amide bonds. The van der Waals surface area contributed by atoms with Gasteiger partial charge in [-0.25, -0.2) is 4.39 Å². The fraction of sp³-hybridized carbons (Fsp3) is 0.0588. The first kappa shape index (κ1) is 13.1. The maximum absolute atomic E-state index is 13.8. The van der Waals surface area contributed by atoms with Crippen molar-refractivity contribution in [1.29, 1.82) is 0 Å². The second-order valence-electron chi connectivity index (χ2n) is 4.62. The summed E-state index contributed by atoms with van der Waals surface area (Å²) in [6.07, 6.45) is 0. The molecule has 0 spiro atoms. The predicted molar refractivity (Wildman–Crippen MR) is 85.4 cm³/mol. The molecule has 100 valence electrons. The van der Waals surface area contributed by atoms with Gasteiger partial charge in [0, 0.05) is 11.0 Å². The summed E-state index contributed by atoms with van der Waals surface area (Å²) in [6.45, 7) is 0.597. The molecular weight excluding hydrogens is 317 g/mol. The highest BCUT2D eigenvalue weighted by molar-refractivity contribution is 9.10. The van der Waals surface area contributed by atoms with Gasteiger partial charge >= 0.3 is 0 Å². The summed E-state index contributed by atoms with van der Waals surface area (Å²) in [7, 11) is 0. The summed E-state index contributed by atoms with van der Waals surface area (Å²) >= 11 is 3.26. The monoisotopic (exact) mass is 329 g/mol. The Morgan fingerprint density at radius 3 is 2.60 bits per heavy atom. The Hall–Kier alpha value is -1.87. The van der Waals surface area contributed by atoms with E-state index in [1.807, 2.05) is 24.3 Å². The molecule has 3 rings (SSSR count). The lowest BCUT2D eigenvalue weighted by Gasteiger charge is -2.10. The van der Waals surface area contributed by atoms with Gasteiger partial charge in [-0.2, -0.15) is 0 Å². The average molecular weight is 330 g/mol. The molecular formula is C17H13BrFN. The van der Waals surface area contributed by atoms with Crippen LogP contribution >= 0.6 is 15.9 Å². The summed E-state index contributed by atoms with van der Waals surface area (Å²) in [5.74, 6) is -0.250. The first-order chi connectivity index (χ1) is 9.74. The number of halogens is 2. The lowest BCUT2D eigenvalue weighted by molar-refractivity contribution is 0.629. The Bertz CT molecular complexity index is 750. The van der Waals surface area contributed by atoms with Gasteiger partial charge in [-0.1, -0.05) is 58.4 Å². The Kier molecular flexibility index (Phi) is 3.70. The van der Waals surface area contributed by atoms with E-state index in [2.05, 4.69) is 45.5 Å². The van der Waals surface area contributed by atoms with E-state index in [1.54, 1.807) is 6.07 Å². The zero-order valence-electron chi connectivity index (χ0n) is 10.7. The lowest BCUT2D eigenvalue weighted by atomic mass is 10.0. The van der Waals surface area contributed by atoms with Crippen LogP contribution in [0.25, 0.3) is 10.8 Å². The molecule has 1 N–H and O–H groups in total. The van der Waals surface area contributed by atoms with Gasteiger partial charge in [-0.05, 0) is 34.5 Å². The number of hydrogen-bond acceptors (Lipinski definition) is 1. The molecule has 0 aliphatic heterocycles. The van der Waals surface area contributed by atoms with E-state index >= 15 is 0 Å². The van der Waals surface area contributed by atoms with Crippen molar-refractivity contribution in [3.8, 4) is 0 Å². The largest absolute Gasteiger partial charge is 0.379 e. The van der Waals surface area contributed by atoms with Crippen molar-refractivity contribution >= 4 is 32.4 Å². The van der Waals surface area contributed by atoms with Crippen molar-refractivity contribution < 1.29 is 4.39 Å². The van der Waals surface area contributed by atoms with Gasteiger partial charge in [0.05, 0.1) is 5.69 Å². The van der Waals surface area contributed by atoms with Crippen LogP contribution in [0.1, 0.15) is 5.56 Å². The van der Waals surface area contributed by atoms with Crippen LogP contribution in [0.4, 0.5) is 10.1 Å². The van der Waals surface area contributed by atoms with E-state index in [0.717, 1.165) is 10.0 Å². The number of rotatable bonds is 3. The van der Waals surface area contributed by atoms with Crippen molar-refractivity contribution in [2.75, 3.05) is 5.32 Å². The molecule has 0 saturated carbocycles. The topological polar surface area (TPSA) is 12.0 Å². The van der Waals surface area contributed by atoms with Crippen LogP contribution in [0.3, 0.4) is 0 Å². The number of anilines is 1. The minimum Gasteiger partial charge on any atom is -0.379 e. The molecule has 0 atom stereocenters. The Morgan fingerprint density at radius 2 is 1.75 bits per heavy atom. The molecule has 20 heavy (non-hydrogen) atoms. The van der Waals surface area contributed by atoms with Gasteiger partial charge in [0.2, 0.25) is 0 Å². The van der Waals surface area contributed by atoms with Gasteiger partial charge < -0.3 is 5.32 Å². The number of benzene rings is 3. The van der Waals surface area contributed by atoms with Gasteiger partial charge in [-0.3, -0.25) is 0 Å². The van der Waals surface area contributed by atoms with E-state index in [-0.39, 0.29) is 5.82 Å². The molecule has 0 saturated heterocycles. The van der Waals surface area contributed by atoms with E-state index in [1.165, 1.54) is 16.8 Å². The first-order valence-electron chi connectivity index (χ1n) is 6.39. The summed E-state index contributed by atoms with van der Waals surface area (Å²) in [5.41, 5.74) is 1.67. The van der Waals surface area contributed by atoms with Crippen LogP contribution in [0.5, 0.6) is 0 Å². The van der Waals surface area contributed by atoms with Crippen LogP contribution in [-0.2, 0) is 6.54 Å². The van der Waals surface area contributed by atoms with Crippen molar-refractivity contribution in [1.82, 2.24) is 0 Å². The third kappa shape index (κ3) is 2.68. The summed E-state index contributed by atoms with van der Waals surface area (Å²) in [6, 6.07) is 19.4. The van der Waals surface area contributed by atoms with Crippen LogP contribution < -0.4 is 5.32 Å². The average Bonchev–Trinajstić information content (AvgIpc) is 2.46. The third-order valence-electron chi connectivity index (χ3n) is 3.28. The molecule has 0 aromatic heterocycles. The zero-order chi connectivity index (χ0) is 13.9. The molecule has 0 radical (unpaired) electrons. The lowest BCUT2D eigenvalue weighted by Crippen LogP contribution is -2.02. The van der Waals surface area contributed by atoms with E-state index in [0.29, 0.717) is 12.2 Å². The standard InChI is InChI=1S/C17H13BrFN/c18-14-8-9-17(16(19)10-14)20-11-13-6-3-5-12-4-1-2-7-15(12)13/h1-10,20H,11H2. The molecule has 1 nitrogen and oxygen atoms in total. The fourth-order valence-corrected chi connectivity index (χ4v) is 2.60. The van der Waals surface area contributed by atoms with Gasteiger partial charge in [0.1, 0.15) is 5.82 Å². The Labute approximate surface area is 125 Å². The highest BCUT2D eigenvalue weighted by Gasteiger charge is 2.04. The van der Waals surface area contributed by atoms with E-state index in [9.17, 15) is 4.39 Å². The summed E-state index contributed by atoms with van der Waals surface area (Å²) < 4.78 is 14.5. The molecule has 0 heterocycles. The van der Waals surface area contributed by atoms with Gasteiger partial charge in [0.15, 0.2) is 0 Å². The van der Waals surface area contributed by atoms with E-state index < -0.39 is 0 Å². The molecule has 0 aliphatic carbocycles. The minimum atomic E-state index is -0.250. The molecule has 0 unspecified atom stereocenters. The zero-order valence-corrected chi connectivity index (χ0v) is 12.3. The fourth-order valence-electron chi connectivity index (χ4n) is 2.27. The Balaban J connectivity index is 1.87. The van der Waals surface area contributed by atoms with Crippen LogP contribution in [0.15, 0.2) is 65.1 Å². The van der Waals surface area contributed by atoms with Crippen molar-refractivity contribution in [3.05, 3.63) is 76.5 Å². The predicted octanol–water partition coefficient (Wildman–Crippen LogP) is 5.35. The molecule has 0 aliphatic rings. The highest BCUT2D eigenvalue weighted by atomic mass is 79.9. The SMILES string of the molecule is Fc1cc(Br)ccc1NCc1cccc2ccccc12. The molecule has 3 aromatic rings. The van der Waals surface area contributed by atoms with Gasteiger partial charge in [0.25, 0.3) is 0 Å². The molecule has 0 bridgehead atoms. The van der Waals surface area contributed by atoms with E-state index in [4.69, 9.17) is 0 Å². The van der Waals surface area contributed by atoms with Crippen LogP contribution in [0.2, 0.25) is 0 Å². The smallest absolute Gasteiger partial charge is 0.147 e. The first-order valence-corrected chi connectivity index (χ1v) is 7.19. The minimum absolute atomic E-state index is 0.250. The van der Waals surface area contributed by atoms with Crippen molar-refractivity contribution in [3.63, 3.8) is 0 Å². The summed E-state index contributed by atoms with van der Waals surface area (Å²) in [5, 5.41) is 5.54. The van der Waals surface area contributed by atoms with Crippen LogP contribution in [0, 0.1) is 5.82 Å². The maximum Gasteiger partial charge on any atom is 0.147 e. The normalized spacial score (nSPS) is 10.7. The Morgan fingerprint density at radius 1 is 0.950 bits per heavy atom.